The SMILES string of the molecule is Cc1ccc(NS(=O)(=O)C2CCN(C(=O)OCc3ccccc3)CC2)nc1. The van der Waals surface area contributed by atoms with E-state index in [2.05, 4.69) is 9.71 Å². The summed E-state index contributed by atoms with van der Waals surface area (Å²) in [5.41, 5.74) is 1.87. The first kappa shape index (κ1) is 19.2. The van der Waals surface area contributed by atoms with Crippen molar-refractivity contribution in [1.29, 1.82) is 0 Å². The average Bonchev–Trinajstić information content (AvgIpc) is 2.69. The van der Waals surface area contributed by atoms with Crippen molar-refractivity contribution in [1.82, 2.24) is 9.88 Å². The number of likely N-dealkylation sites (tertiary alicyclic amines) is 1. The third kappa shape index (κ3) is 5.19. The zero-order valence-electron chi connectivity index (χ0n) is 15.2. The standard InChI is InChI=1S/C19H23N3O4S/c1-15-7-8-18(20-13-15)21-27(24,25)17-9-11-22(12-10-17)19(23)26-14-16-5-3-2-4-6-16/h2-8,13,17H,9-12,14H2,1H3,(H,20,21). The third-order valence-electron chi connectivity index (χ3n) is 4.50. The fourth-order valence-corrected chi connectivity index (χ4v) is 4.33. The summed E-state index contributed by atoms with van der Waals surface area (Å²) in [7, 11) is -3.54. The molecule has 0 atom stereocenters. The van der Waals surface area contributed by atoms with Crippen LogP contribution in [-0.4, -0.2) is 42.7 Å². The summed E-state index contributed by atoms with van der Waals surface area (Å²) < 4.78 is 32.9. The van der Waals surface area contributed by atoms with Gasteiger partial charge in [0.25, 0.3) is 0 Å². The Hall–Kier alpha value is -2.61. The molecule has 2 aromatic rings. The van der Waals surface area contributed by atoms with Gasteiger partial charge in [0.2, 0.25) is 10.0 Å². The summed E-state index contributed by atoms with van der Waals surface area (Å²) in [4.78, 5) is 17.8. The number of hydrogen-bond donors (Lipinski definition) is 1. The lowest BCUT2D eigenvalue weighted by Gasteiger charge is -2.31. The molecule has 0 saturated carbocycles. The molecular weight excluding hydrogens is 366 g/mol. The normalized spacial score (nSPS) is 15.4. The van der Waals surface area contributed by atoms with E-state index in [9.17, 15) is 13.2 Å². The smallest absolute Gasteiger partial charge is 0.410 e. The lowest BCUT2D eigenvalue weighted by Crippen LogP contribution is -2.44. The molecule has 0 radical (unpaired) electrons. The molecule has 1 aromatic heterocycles. The molecule has 1 N–H and O–H groups in total. The number of sulfonamides is 1. The van der Waals surface area contributed by atoms with Gasteiger partial charge in [-0.05, 0) is 37.0 Å². The predicted molar refractivity (Wildman–Crippen MR) is 103 cm³/mol. The number of benzene rings is 1. The molecule has 1 fully saturated rings. The lowest BCUT2D eigenvalue weighted by atomic mass is 10.1. The molecule has 7 nitrogen and oxygen atoms in total. The van der Waals surface area contributed by atoms with E-state index in [1.807, 2.05) is 37.3 Å². The zero-order valence-corrected chi connectivity index (χ0v) is 16.0. The van der Waals surface area contributed by atoms with E-state index in [0.717, 1.165) is 11.1 Å². The van der Waals surface area contributed by atoms with Crippen LogP contribution in [0.25, 0.3) is 0 Å². The average molecular weight is 389 g/mol. The first-order valence-electron chi connectivity index (χ1n) is 8.84. The van der Waals surface area contributed by atoms with Crippen LogP contribution < -0.4 is 4.72 Å². The number of aryl methyl sites for hydroxylation is 1. The first-order valence-corrected chi connectivity index (χ1v) is 10.4. The van der Waals surface area contributed by atoms with E-state index < -0.39 is 21.4 Å². The molecule has 0 unspecified atom stereocenters. The summed E-state index contributed by atoms with van der Waals surface area (Å²) in [5.74, 6) is 0.310. The maximum absolute atomic E-state index is 12.5. The van der Waals surface area contributed by atoms with E-state index in [-0.39, 0.29) is 6.61 Å². The van der Waals surface area contributed by atoms with Crippen LogP contribution >= 0.6 is 0 Å². The van der Waals surface area contributed by atoms with Crippen LogP contribution in [-0.2, 0) is 21.4 Å². The largest absolute Gasteiger partial charge is 0.445 e. The van der Waals surface area contributed by atoms with Crippen molar-refractivity contribution >= 4 is 21.9 Å². The summed E-state index contributed by atoms with van der Waals surface area (Å²) in [6.45, 7) is 2.79. The number of carbonyl (C=O) groups excluding carboxylic acids is 1. The Morgan fingerprint density at radius 3 is 2.52 bits per heavy atom. The van der Waals surface area contributed by atoms with Gasteiger partial charge in [0.1, 0.15) is 12.4 Å². The summed E-state index contributed by atoms with van der Waals surface area (Å²) in [6, 6.07) is 12.9. The zero-order chi connectivity index (χ0) is 19.3. The third-order valence-corrected chi connectivity index (χ3v) is 6.35. The van der Waals surface area contributed by atoms with Gasteiger partial charge in [-0.15, -0.1) is 0 Å². The lowest BCUT2D eigenvalue weighted by molar-refractivity contribution is 0.0897. The fraction of sp³-hybridized carbons (Fsp3) is 0.368. The topological polar surface area (TPSA) is 88.6 Å². The highest BCUT2D eigenvalue weighted by molar-refractivity contribution is 7.93. The second-order valence-electron chi connectivity index (χ2n) is 6.59. The molecule has 2 heterocycles. The van der Waals surface area contributed by atoms with Crippen LogP contribution in [0.5, 0.6) is 0 Å². The molecule has 0 bridgehead atoms. The van der Waals surface area contributed by atoms with Gasteiger partial charge in [0.15, 0.2) is 0 Å². The molecule has 1 aliphatic rings. The van der Waals surface area contributed by atoms with Gasteiger partial charge in [-0.3, -0.25) is 4.72 Å². The molecule has 1 amide bonds. The number of carbonyl (C=O) groups is 1. The number of pyridine rings is 1. The van der Waals surface area contributed by atoms with Crippen LogP contribution in [0.3, 0.4) is 0 Å². The number of aromatic nitrogens is 1. The number of rotatable bonds is 5. The quantitative estimate of drug-likeness (QED) is 0.849. The summed E-state index contributed by atoms with van der Waals surface area (Å²) in [6.07, 6.45) is 1.93. The van der Waals surface area contributed by atoms with Gasteiger partial charge in [-0.2, -0.15) is 0 Å². The second kappa shape index (κ2) is 8.39. The van der Waals surface area contributed by atoms with Crippen molar-refractivity contribution < 1.29 is 17.9 Å². The number of hydrogen-bond acceptors (Lipinski definition) is 5. The van der Waals surface area contributed by atoms with Gasteiger partial charge in [-0.1, -0.05) is 36.4 Å². The first-order chi connectivity index (χ1) is 12.9. The highest BCUT2D eigenvalue weighted by Gasteiger charge is 2.32. The van der Waals surface area contributed by atoms with Crippen molar-refractivity contribution in [3.63, 3.8) is 0 Å². The van der Waals surface area contributed by atoms with E-state index in [1.54, 1.807) is 23.2 Å². The predicted octanol–water partition coefficient (Wildman–Crippen LogP) is 2.93. The molecule has 8 heteroatoms. The minimum atomic E-state index is -3.54. The van der Waals surface area contributed by atoms with Crippen molar-refractivity contribution in [2.75, 3.05) is 17.8 Å². The molecule has 1 aromatic carbocycles. The van der Waals surface area contributed by atoms with E-state index >= 15 is 0 Å². The Bertz CT molecular complexity index is 862. The molecular formula is C19H23N3O4S. The molecule has 1 aliphatic heterocycles. The fourth-order valence-electron chi connectivity index (χ4n) is 2.92. The van der Waals surface area contributed by atoms with Crippen LogP contribution in [0.15, 0.2) is 48.7 Å². The Kier molecular flexibility index (Phi) is 5.95. The highest BCUT2D eigenvalue weighted by atomic mass is 32.2. The maximum Gasteiger partial charge on any atom is 0.410 e. The molecule has 3 rings (SSSR count). The summed E-state index contributed by atoms with van der Waals surface area (Å²) >= 11 is 0. The van der Waals surface area contributed by atoms with Gasteiger partial charge in [0, 0.05) is 19.3 Å². The molecule has 0 spiro atoms. The molecule has 1 saturated heterocycles. The van der Waals surface area contributed by atoms with E-state index in [0.29, 0.717) is 31.7 Å². The number of anilines is 1. The number of nitrogens with one attached hydrogen (secondary N) is 1. The van der Waals surface area contributed by atoms with Gasteiger partial charge in [0.05, 0.1) is 5.25 Å². The second-order valence-corrected chi connectivity index (χ2v) is 8.56. The number of piperidine rings is 1. The van der Waals surface area contributed by atoms with Crippen LogP contribution in [0, 0.1) is 6.92 Å². The van der Waals surface area contributed by atoms with E-state index in [1.165, 1.54) is 0 Å². The van der Waals surface area contributed by atoms with Crippen LogP contribution in [0.4, 0.5) is 10.6 Å². The molecule has 144 valence electrons. The van der Waals surface area contributed by atoms with Crippen LogP contribution in [0.1, 0.15) is 24.0 Å². The van der Waals surface area contributed by atoms with Gasteiger partial charge in [-0.25, -0.2) is 18.2 Å². The van der Waals surface area contributed by atoms with Gasteiger partial charge >= 0.3 is 6.09 Å². The van der Waals surface area contributed by atoms with Crippen molar-refractivity contribution in [2.24, 2.45) is 0 Å². The number of amides is 1. The Morgan fingerprint density at radius 1 is 1.19 bits per heavy atom. The monoisotopic (exact) mass is 389 g/mol. The summed E-state index contributed by atoms with van der Waals surface area (Å²) in [5, 5.41) is -0.557. The molecule has 0 aliphatic carbocycles. The Balaban J connectivity index is 1.50. The van der Waals surface area contributed by atoms with Crippen molar-refractivity contribution in [3.8, 4) is 0 Å². The highest BCUT2D eigenvalue weighted by Crippen LogP contribution is 2.20. The van der Waals surface area contributed by atoms with Crippen molar-refractivity contribution in [2.45, 2.75) is 31.6 Å². The van der Waals surface area contributed by atoms with Gasteiger partial charge < -0.3 is 9.64 Å². The Labute approximate surface area is 159 Å². The number of nitrogens with zero attached hydrogens (tertiary/aromatic N) is 2. The molecule has 27 heavy (non-hydrogen) atoms. The minimum Gasteiger partial charge on any atom is -0.445 e. The van der Waals surface area contributed by atoms with Crippen LogP contribution in [0.2, 0.25) is 0 Å². The minimum absolute atomic E-state index is 0.207. The van der Waals surface area contributed by atoms with Crippen molar-refractivity contribution in [3.05, 3.63) is 59.8 Å². The number of ether oxygens (including phenoxy) is 1. The Morgan fingerprint density at radius 2 is 1.89 bits per heavy atom. The van der Waals surface area contributed by atoms with E-state index in [4.69, 9.17) is 4.74 Å². The maximum atomic E-state index is 12.5.